The lowest BCUT2D eigenvalue weighted by Crippen LogP contribution is -1.94. The maximum atomic E-state index is 11.0. The summed E-state index contributed by atoms with van der Waals surface area (Å²) in [6.07, 6.45) is 0. The van der Waals surface area contributed by atoms with Gasteiger partial charge in [0.25, 0.3) is 0 Å². The van der Waals surface area contributed by atoms with E-state index in [9.17, 15) is 4.79 Å². The van der Waals surface area contributed by atoms with E-state index in [1.165, 1.54) is 11.8 Å². The van der Waals surface area contributed by atoms with Gasteiger partial charge in [0.05, 0.1) is 11.3 Å². The Bertz CT molecular complexity index is 692. The van der Waals surface area contributed by atoms with Crippen molar-refractivity contribution < 1.29 is 9.90 Å². The van der Waals surface area contributed by atoms with Crippen LogP contribution in [0.25, 0.3) is 0 Å². The van der Waals surface area contributed by atoms with E-state index < -0.39 is 5.97 Å². The van der Waals surface area contributed by atoms with Crippen LogP contribution in [0.4, 0.5) is 0 Å². The van der Waals surface area contributed by atoms with Crippen LogP contribution in [-0.2, 0) is 0 Å². The minimum Gasteiger partial charge on any atom is -0.477 e. The molecule has 0 unspecified atom stereocenters. The molecule has 96 valence electrons. The molecule has 1 aromatic heterocycles. The number of carboxylic acids is 1. The number of nitriles is 1. The van der Waals surface area contributed by atoms with Crippen molar-refractivity contribution in [3.8, 4) is 6.07 Å². The SMILES string of the molecule is Cc1nc(Sc2cccc(Br)c2C#N)sc1C(=O)O. The highest BCUT2D eigenvalue weighted by molar-refractivity contribution is 9.10. The van der Waals surface area contributed by atoms with Gasteiger partial charge in [0.2, 0.25) is 0 Å². The van der Waals surface area contributed by atoms with Crippen LogP contribution in [0.3, 0.4) is 0 Å². The summed E-state index contributed by atoms with van der Waals surface area (Å²) < 4.78 is 1.33. The predicted octanol–water partition coefficient (Wildman–Crippen LogP) is 3.94. The standard InChI is InChI=1S/C12H7BrN2O2S2/c1-6-10(11(16)17)19-12(15-6)18-9-4-2-3-8(13)7(9)5-14/h2-4H,1H3,(H,16,17). The molecule has 0 atom stereocenters. The van der Waals surface area contributed by atoms with Crippen LogP contribution in [0, 0.1) is 18.3 Å². The van der Waals surface area contributed by atoms with E-state index >= 15 is 0 Å². The van der Waals surface area contributed by atoms with E-state index in [1.54, 1.807) is 13.0 Å². The van der Waals surface area contributed by atoms with Crippen molar-refractivity contribution in [1.82, 2.24) is 4.98 Å². The average Bonchev–Trinajstić information content (AvgIpc) is 2.71. The quantitative estimate of drug-likeness (QED) is 0.903. The number of carboxylic acid groups (broad SMARTS) is 1. The number of aromatic carboxylic acids is 1. The van der Waals surface area contributed by atoms with E-state index in [1.807, 2.05) is 12.1 Å². The minimum absolute atomic E-state index is 0.232. The van der Waals surface area contributed by atoms with Crippen LogP contribution >= 0.6 is 39.0 Å². The van der Waals surface area contributed by atoms with Gasteiger partial charge in [0, 0.05) is 9.37 Å². The summed E-state index contributed by atoms with van der Waals surface area (Å²) in [6, 6.07) is 7.55. The van der Waals surface area contributed by atoms with Crippen molar-refractivity contribution in [1.29, 1.82) is 5.26 Å². The van der Waals surface area contributed by atoms with Gasteiger partial charge in [0.15, 0.2) is 4.34 Å². The molecule has 0 aliphatic heterocycles. The molecule has 0 bridgehead atoms. The molecule has 4 nitrogen and oxygen atoms in total. The van der Waals surface area contributed by atoms with Crippen LogP contribution in [0.1, 0.15) is 20.9 Å². The Kier molecular flexibility index (Phi) is 4.24. The van der Waals surface area contributed by atoms with Crippen LogP contribution in [-0.4, -0.2) is 16.1 Å². The third kappa shape index (κ3) is 2.97. The van der Waals surface area contributed by atoms with Crippen molar-refractivity contribution in [2.45, 2.75) is 16.2 Å². The van der Waals surface area contributed by atoms with Crippen molar-refractivity contribution in [3.05, 3.63) is 38.8 Å². The highest BCUT2D eigenvalue weighted by Gasteiger charge is 2.16. The molecule has 0 aliphatic rings. The Morgan fingerprint density at radius 1 is 1.58 bits per heavy atom. The first-order chi connectivity index (χ1) is 9.02. The highest BCUT2D eigenvalue weighted by Crippen LogP contribution is 2.36. The van der Waals surface area contributed by atoms with Crippen LogP contribution < -0.4 is 0 Å². The summed E-state index contributed by atoms with van der Waals surface area (Å²) in [5.41, 5.74) is 1.02. The number of hydrogen-bond acceptors (Lipinski definition) is 5. The number of thiazole rings is 1. The Labute approximate surface area is 126 Å². The molecule has 0 fully saturated rings. The van der Waals surface area contributed by atoms with Gasteiger partial charge in [-0.1, -0.05) is 17.8 Å². The Hall–Kier alpha value is -1.36. The fraction of sp³-hybridized carbons (Fsp3) is 0.0833. The van der Waals surface area contributed by atoms with Gasteiger partial charge in [-0.2, -0.15) is 5.26 Å². The van der Waals surface area contributed by atoms with Crippen LogP contribution in [0.2, 0.25) is 0 Å². The molecule has 0 radical (unpaired) electrons. The number of nitrogens with zero attached hydrogens (tertiary/aromatic N) is 2. The first-order valence-electron chi connectivity index (χ1n) is 5.10. The molecule has 1 N–H and O–H groups in total. The molecule has 1 aromatic carbocycles. The number of benzene rings is 1. The van der Waals surface area contributed by atoms with Crippen molar-refractivity contribution in [3.63, 3.8) is 0 Å². The van der Waals surface area contributed by atoms with Crippen LogP contribution in [0.15, 0.2) is 31.9 Å². The molecule has 7 heteroatoms. The molecule has 2 aromatic rings. The van der Waals surface area contributed by atoms with Gasteiger partial charge in [-0.05, 0) is 35.0 Å². The zero-order valence-corrected chi connectivity index (χ0v) is 12.9. The smallest absolute Gasteiger partial charge is 0.347 e. The Morgan fingerprint density at radius 2 is 2.32 bits per heavy atom. The normalized spacial score (nSPS) is 10.2. The first kappa shape index (κ1) is 14.1. The second-order valence-electron chi connectivity index (χ2n) is 3.53. The third-order valence-corrected chi connectivity index (χ3v) is 5.18. The Morgan fingerprint density at radius 3 is 2.89 bits per heavy atom. The van der Waals surface area contributed by atoms with E-state index in [4.69, 9.17) is 10.4 Å². The summed E-state index contributed by atoms with van der Waals surface area (Å²) in [5, 5.41) is 18.1. The van der Waals surface area contributed by atoms with Gasteiger partial charge in [-0.15, -0.1) is 11.3 Å². The van der Waals surface area contributed by atoms with Gasteiger partial charge in [-0.25, -0.2) is 9.78 Å². The number of rotatable bonds is 3. The molecule has 1 heterocycles. The molecule has 0 amide bonds. The summed E-state index contributed by atoms with van der Waals surface area (Å²) in [7, 11) is 0. The Balaban J connectivity index is 2.37. The monoisotopic (exact) mass is 354 g/mol. The van der Waals surface area contributed by atoms with E-state index in [2.05, 4.69) is 27.0 Å². The van der Waals surface area contributed by atoms with Gasteiger partial charge >= 0.3 is 5.97 Å². The molecule has 2 rings (SSSR count). The largest absolute Gasteiger partial charge is 0.477 e. The number of hydrogen-bond donors (Lipinski definition) is 1. The molecule has 0 aliphatic carbocycles. The average molecular weight is 355 g/mol. The number of aryl methyl sites for hydroxylation is 1. The molecular weight excluding hydrogens is 348 g/mol. The summed E-state index contributed by atoms with van der Waals surface area (Å²) in [4.78, 5) is 16.2. The van der Waals surface area contributed by atoms with Gasteiger partial charge in [0.1, 0.15) is 10.9 Å². The van der Waals surface area contributed by atoms with Crippen molar-refractivity contribution in [2.24, 2.45) is 0 Å². The lowest BCUT2D eigenvalue weighted by molar-refractivity contribution is 0.0701. The topological polar surface area (TPSA) is 74.0 Å². The van der Waals surface area contributed by atoms with E-state index in [0.29, 0.717) is 20.1 Å². The van der Waals surface area contributed by atoms with Crippen LogP contribution in [0.5, 0.6) is 0 Å². The lowest BCUT2D eigenvalue weighted by Gasteiger charge is -2.02. The minimum atomic E-state index is -0.975. The van der Waals surface area contributed by atoms with Gasteiger partial charge in [-0.3, -0.25) is 0 Å². The fourth-order valence-electron chi connectivity index (χ4n) is 1.41. The summed E-state index contributed by atoms with van der Waals surface area (Å²) in [6.45, 7) is 1.66. The number of aromatic nitrogens is 1. The van der Waals surface area contributed by atoms with Gasteiger partial charge < -0.3 is 5.11 Å². The number of halogens is 1. The fourth-order valence-corrected chi connectivity index (χ4v) is 4.09. The zero-order chi connectivity index (χ0) is 14.0. The van der Waals surface area contributed by atoms with Crippen molar-refractivity contribution >= 4 is 45.0 Å². The molecule has 0 spiro atoms. The summed E-state index contributed by atoms with van der Waals surface area (Å²) in [5.74, 6) is -0.975. The van der Waals surface area contributed by atoms with E-state index in [-0.39, 0.29) is 4.88 Å². The first-order valence-corrected chi connectivity index (χ1v) is 7.52. The maximum Gasteiger partial charge on any atom is 0.347 e. The second-order valence-corrected chi connectivity index (χ2v) is 6.67. The molecule has 0 saturated carbocycles. The van der Waals surface area contributed by atoms with E-state index in [0.717, 1.165) is 16.2 Å². The third-order valence-electron chi connectivity index (χ3n) is 2.26. The second kappa shape index (κ2) is 5.74. The molecule has 19 heavy (non-hydrogen) atoms. The number of carbonyl (C=O) groups is 1. The zero-order valence-electron chi connectivity index (χ0n) is 9.68. The molecule has 0 saturated heterocycles. The lowest BCUT2D eigenvalue weighted by atomic mass is 10.2. The maximum absolute atomic E-state index is 11.0. The predicted molar refractivity (Wildman–Crippen MR) is 76.8 cm³/mol. The van der Waals surface area contributed by atoms with Crippen molar-refractivity contribution in [2.75, 3.05) is 0 Å². The summed E-state index contributed by atoms with van der Waals surface area (Å²) >= 11 is 5.73. The highest BCUT2D eigenvalue weighted by atomic mass is 79.9. The molecular formula is C12H7BrN2O2S2.